The number of nitrogens with one attached hydrogen (secondary N) is 1. The van der Waals surface area contributed by atoms with Crippen LogP contribution < -0.4 is 5.32 Å². The maximum Gasteiger partial charge on any atom is 0.251 e. The summed E-state index contributed by atoms with van der Waals surface area (Å²) in [5, 5.41) is 2.92. The molecule has 0 heterocycles. The molecule has 5 heteroatoms. The van der Waals surface area contributed by atoms with Crippen LogP contribution in [0.1, 0.15) is 10.4 Å². The summed E-state index contributed by atoms with van der Waals surface area (Å²) in [4.78, 5) is 13.9. The van der Waals surface area contributed by atoms with Gasteiger partial charge in [0, 0.05) is 30.2 Å². The third-order valence-corrected chi connectivity index (χ3v) is 4.60. The summed E-state index contributed by atoms with van der Waals surface area (Å²) in [6.07, 6.45) is 0. The third kappa shape index (κ3) is 6.93. The summed E-state index contributed by atoms with van der Waals surface area (Å²) in [7, 11) is 7.81. The van der Waals surface area contributed by atoms with E-state index in [1.54, 1.807) is 0 Å². The summed E-state index contributed by atoms with van der Waals surface area (Å²) >= 11 is 0. The van der Waals surface area contributed by atoms with Crippen LogP contribution in [-0.2, 0) is 0 Å². The quantitative estimate of drug-likeness (QED) is 0.587. The summed E-state index contributed by atoms with van der Waals surface area (Å²) in [5.74, 6) is 2.07. The Hall–Kier alpha value is -0.650. The fraction of sp³-hybridized carbons (Fsp3) is 0.462. The van der Waals surface area contributed by atoms with Crippen molar-refractivity contribution in [1.29, 1.82) is 0 Å². The van der Waals surface area contributed by atoms with E-state index in [2.05, 4.69) is 24.3 Å². The third-order valence-electron chi connectivity index (χ3n) is 2.21. The molecule has 0 spiro atoms. The molecule has 0 aliphatic carbocycles. The molecule has 1 N–H and O–H groups in total. The Morgan fingerprint density at radius 2 is 1.83 bits per heavy atom. The van der Waals surface area contributed by atoms with Gasteiger partial charge in [-0.15, -0.1) is 0 Å². The second-order valence-electron chi connectivity index (χ2n) is 4.07. The highest BCUT2D eigenvalue weighted by Gasteiger charge is 2.02. The molecule has 1 aromatic rings. The number of amides is 1. The summed E-state index contributed by atoms with van der Waals surface area (Å²) in [6, 6.07) is 9.32. The molecule has 0 atom stereocenters. The largest absolute Gasteiger partial charge is 0.351 e. The lowest BCUT2D eigenvalue weighted by Crippen LogP contribution is -2.25. The lowest BCUT2D eigenvalue weighted by molar-refractivity contribution is 0.0956. The van der Waals surface area contributed by atoms with E-state index in [-0.39, 0.29) is 5.91 Å². The Bertz CT molecular complexity index is 344. The molecule has 100 valence electrons. The van der Waals surface area contributed by atoms with Crippen LogP contribution in [-0.4, -0.2) is 49.5 Å². The van der Waals surface area contributed by atoms with E-state index in [4.69, 9.17) is 0 Å². The molecule has 1 amide bonds. The molecule has 0 aliphatic rings. The van der Waals surface area contributed by atoms with Crippen molar-refractivity contribution in [3.63, 3.8) is 0 Å². The minimum atomic E-state index is 0.00879. The molecule has 0 saturated heterocycles. The molecule has 0 fully saturated rings. The summed E-state index contributed by atoms with van der Waals surface area (Å²) in [6.45, 7) is 1.81. The van der Waals surface area contributed by atoms with E-state index < -0.39 is 0 Å². The Balaban J connectivity index is 2.03. The SMILES string of the molecule is CN(C)CCSSCCNC(=O)c1ccccc1. The van der Waals surface area contributed by atoms with Gasteiger partial charge in [0.2, 0.25) is 0 Å². The second kappa shape index (κ2) is 9.30. The Morgan fingerprint density at radius 3 is 2.50 bits per heavy atom. The van der Waals surface area contributed by atoms with E-state index in [1.807, 2.05) is 51.9 Å². The van der Waals surface area contributed by atoms with Crippen molar-refractivity contribution < 1.29 is 4.79 Å². The first-order valence-electron chi connectivity index (χ1n) is 5.92. The molecular formula is C13H20N2OS2. The van der Waals surface area contributed by atoms with Gasteiger partial charge in [-0.05, 0) is 26.2 Å². The van der Waals surface area contributed by atoms with Gasteiger partial charge < -0.3 is 10.2 Å². The molecule has 3 nitrogen and oxygen atoms in total. The number of rotatable bonds is 8. The Morgan fingerprint density at radius 1 is 1.17 bits per heavy atom. The van der Waals surface area contributed by atoms with E-state index in [9.17, 15) is 4.79 Å². The topological polar surface area (TPSA) is 32.3 Å². The predicted molar refractivity (Wildman–Crippen MR) is 82.2 cm³/mol. The van der Waals surface area contributed by atoms with Gasteiger partial charge in [0.25, 0.3) is 5.91 Å². The van der Waals surface area contributed by atoms with Gasteiger partial charge in [-0.25, -0.2) is 0 Å². The number of carbonyl (C=O) groups is 1. The number of hydrogen-bond donors (Lipinski definition) is 1. The van der Waals surface area contributed by atoms with Gasteiger partial charge in [0.05, 0.1) is 0 Å². The van der Waals surface area contributed by atoms with Gasteiger partial charge in [0.1, 0.15) is 0 Å². The number of carbonyl (C=O) groups excluding carboxylic acids is 1. The van der Waals surface area contributed by atoms with Gasteiger partial charge in [-0.3, -0.25) is 4.79 Å². The van der Waals surface area contributed by atoms with Crippen LogP contribution in [0.15, 0.2) is 30.3 Å². The predicted octanol–water partition coefficient (Wildman–Crippen LogP) is 2.36. The van der Waals surface area contributed by atoms with Gasteiger partial charge in [-0.1, -0.05) is 39.8 Å². The average molecular weight is 284 g/mol. The van der Waals surface area contributed by atoms with Crippen molar-refractivity contribution in [2.75, 3.05) is 38.7 Å². The maximum absolute atomic E-state index is 11.7. The molecule has 0 radical (unpaired) electrons. The smallest absolute Gasteiger partial charge is 0.251 e. The molecule has 0 aliphatic heterocycles. The zero-order valence-corrected chi connectivity index (χ0v) is 12.5. The van der Waals surface area contributed by atoms with Crippen molar-refractivity contribution in [3.8, 4) is 0 Å². The van der Waals surface area contributed by atoms with E-state index in [0.717, 1.165) is 23.6 Å². The van der Waals surface area contributed by atoms with Crippen LogP contribution in [0.2, 0.25) is 0 Å². The molecular weight excluding hydrogens is 264 g/mol. The van der Waals surface area contributed by atoms with Crippen molar-refractivity contribution in [2.24, 2.45) is 0 Å². The zero-order chi connectivity index (χ0) is 13.2. The van der Waals surface area contributed by atoms with Gasteiger partial charge in [-0.2, -0.15) is 0 Å². The molecule has 0 aromatic heterocycles. The number of hydrogen-bond acceptors (Lipinski definition) is 4. The monoisotopic (exact) mass is 284 g/mol. The highest BCUT2D eigenvalue weighted by molar-refractivity contribution is 8.76. The fourth-order valence-electron chi connectivity index (χ4n) is 1.24. The van der Waals surface area contributed by atoms with Crippen molar-refractivity contribution in [3.05, 3.63) is 35.9 Å². The number of benzene rings is 1. The van der Waals surface area contributed by atoms with Crippen molar-refractivity contribution in [1.82, 2.24) is 10.2 Å². The Kier molecular flexibility index (Phi) is 7.96. The summed E-state index contributed by atoms with van der Waals surface area (Å²) < 4.78 is 0. The molecule has 18 heavy (non-hydrogen) atoms. The average Bonchev–Trinajstić information content (AvgIpc) is 2.38. The van der Waals surface area contributed by atoms with Crippen LogP contribution in [0.25, 0.3) is 0 Å². The maximum atomic E-state index is 11.7. The fourth-order valence-corrected chi connectivity index (χ4v) is 3.28. The van der Waals surface area contributed by atoms with Crippen LogP contribution in [0.3, 0.4) is 0 Å². The van der Waals surface area contributed by atoms with Crippen molar-refractivity contribution in [2.45, 2.75) is 0 Å². The molecule has 1 rings (SSSR count). The Labute approximate surface area is 117 Å². The molecule has 0 saturated carbocycles. The summed E-state index contributed by atoms with van der Waals surface area (Å²) in [5.41, 5.74) is 0.725. The molecule has 1 aromatic carbocycles. The zero-order valence-electron chi connectivity index (χ0n) is 10.9. The molecule has 0 bridgehead atoms. The highest BCUT2D eigenvalue weighted by Crippen LogP contribution is 2.19. The van der Waals surface area contributed by atoms with Crippen LogP contribution in [0, 0.1) is 0 Å². The minimum Gasteiger partial charge on any atom is -0.351 e. The minimum absolute atomic E-state index is 0.00879. The van der Waals surface area contributed by atoms with E-state index in [1.165, 1.54) is 0 Å². The normalized spacial score (nSPS) is 10.6. The lowest BCUT2D eigenvalue weighted by atomic mass is 10.2. The van der Waals surface area contributed by atoms with Crippen LogP contribution in [0.5, 0.6) is 0 Å². The van der Waals surface area contributed by atoms with Gasteiger partial charge >= 0.3 is 0 Å². The second-order valence-corrected chi connectivity index (χ2v) is 6.77. The van der Waals surface area contributed by atoms with Crippen molar-refractivity contribution >= 4 is 27.5 Å². The van der Waals surface area contributed by atoms with Crippen LogP contribution >= 0.6 is 21.6 Å². The first-order chi connectivity index (χ1) is 8.70. The lowest BCUT2D eigenvalue weighted by Gasteiger charge is -2.08. The standard InChI is InChI=1S/C13H20N2OS2/c1-15(2)9-11-18-17-10-8-14-13(16)12-6-4-3-5-7-12/h3-7H,8-11H2,1-2H3,(H,14,16). The van der Waals surface area contributed by atoms with Crippen LogP contribution in [0.4, 0.5) is 0 Å². The first kappa shape index (κ1) is 15.4. The van der Waals surface area contributed by atoms with E-state index >= 15 is 0 Å². The van der Waals surface area contributed by atoms with Gasteiger partial charge in [0.15, 0.2) is 0 Å². The molecule has 0 unspecified atom stereocenters. The number of nitrogens with zero attached hydrogens (tertiary/aromatic N) is 1. The highest BCUT2D eigenvalue weighted by atomic mass is 33.1. The first-order valence-corrected chi connectivity index (χ1v) is 8.41. The van der Waals surface area contributed by atoms with E-state index in [0.29, 0.717) is 6.54 Å².